The zero-order chi connectivity index (χ0) is 30.8. The number of carbonyl (C=O) groups is 1. The summed E-state index contributed by atoms with van der Waals surface area (Å²) in [5.74, 6) is -2.15. The summed E-state index contributed by atoms with van der Waals surface area (Å²) in [6.45, 7) is 2.63. The Morgan fingerprint density at radius 3 is 2.64 bits per heavy atom. The molecule has 2 saturated carbocycles. The first-order chi connectivity index (χ1) is 21.1. The number of hydrogen-bond acceptors (Lipinski definition) is 6. The standard InChI is InChI=1S/C34H37F3N4O3/c1-33-15-19-11-18(12-26(38)31(19)43-2)21-5-8-39-17-28(21)41-32(42)27-4-3-24(35)30(40-27)29-22(23(33)16-33)13-20(14-25(29)36)34(37)6-9-44-10-7-34/h3-5,8,13-14,17-19,23,26,31H,6-7,9-12,15-16,38H2,1-2H3,(H,41,42). The van der Waals surface area contributed by atoms with Crippen molar-refractivity contribution in [2.45, 2.75) is 75.1 Å². The molecule has 6 atom stereocenters. The zero-order valence-corrected chi connectivity index (χ0v) is 24.9. The van der Waals surface area contributed by atoms with Gasteiger partial charge in [0.15, 0.2) is 0 Å². The van der Waals surface area contributed by atoms with Gasteiger partial charge in [-0.15, -0.1) is 0 Å². The number of pyridine rings is 2. The molecular weight excluding hydrogens is 569 g/mol. The number of rotatable bonds is 2. The van der Waals surface area contributed by atoms with Crippen molar-refractivity contribution in [2.75, 3.05) is 25.6 Å². The van der Waals surface area contributed by atoms with E-state index in [1.165, 1.54) is 12.1 Å². The Hall–Kier alpha value is -3.34. The summed E-state index contributed by atoms with van der Waals surface area (Å²) in [4.78, 5) is 22.1. The van der Waals surface area contributed by atoms with Crippen LogP contribution in [0.5, 0.6) is 0 Å². The third kappa shape index (κ3) is 5.01. The molecular formula is C34H37F3N4O3. The number of anilines is 1. The van der Waals surface area contributed by atoms with Crippen LogP contribution in [0.1, 0.15) is 84.5 Å². The van der Waals surface area contributed by atoms with Gasteiger partial charge in [-0.25, -0.2) is 18.2 Å². The number of alkyl halides is 1. The molecule has 7 rings (SSSR count). The Bertz CT molecular complexity index is 1610. The van der Waals surface area contributed by atoms with Gasteiger partial charge in [-0.3, -0.25) is 9.78 Å². The van der Waals surface area contributed by atoms with Gasteiger partial charge < -0.3 is 20.5 Å². The van der Waals surface area contributed by atoms with E-state index in [0.29, 0.717) is 24.1 Å². The summed E-state index contributed by atoms with van der Waals surface area (Å²) in [6, 6.07) is 6.95. The van der Waals surface area contributed by atoms with Crippen LogP contribution < -0.4 is 11.1 Å². The second-order valence-electron chi connectivity index (χ2n) is 13.4. The van der Waals surface area contributed by atoms with Crippen molar-refractivity contribution < 1.29 is 27.4 Å². The summed E-state index contributed by atoms with van der Waals surface area (Å²) < 4.78 is 59.4. The quantitative estimate of drug-likeness (QED) is 0.351. The molecule has 0 spiro atoms. The first kappa shape index (κ1) is 29.4. The summed E-state index contributed by atoms with van der Waals surface area (Å²) in [7, 11) is 1.68. The van der Waals surface area contributed by atoms with Gasteiger partial charge in [0.25, 0.3) is 5.91 Å². The van der Waals surface area contributed by atoms with Crippen LogP contribution in [-0.2, 0) is 15.1 Å². The van der Waals surface area contributed by atoms with E-state index in [4.69, 9.17) is 15.2 Å². The van der Waals surface area contributed by atoms with Crippen molar-refractivity contribution in [1.82, 2.24) is 9.97 Å². The normalized spacial score (nSPS) is 31.0. The van der Waals surface area contributed by atoms with Crippen molar-refractivity contribution in [1.29, 1.82) is 0 Å². The van der Waals surface area contributed by atoms with Crippen LogP contribution in [-0.4, -0.2) is 48.3 Å². The van der Waals surface area contributed by atoms with Crippen LogP contribution in [0.4, 0.5) is 18.9 Å². The number of nitrogens with zero attached hydrogens (tertiary/aromatic N) is 2. The number of benzene rings is 1. The number of amides is 1. The third-order valence-corrected chi connectivity index (χ3v) is 10.5. The summed E-state index contributed by atoms with van der Waals surface area (Å²) in [6.07, 6.45) is 6.22. The van der Waals surface area contributed by atoms with Gasteiger partial charge in [0.05, 0.1) is 18.0 Å². The fourth-order valence-corrected chi connectivity index (χ4v) is 8.14. The SMILES string of the molecule is COC1C(N)CC2CC1CC1(C)CC1c1cc(C3(F)CCOCC3)cc(F)c1-c1nc(ccc1F)C(=O)Nc1cnccc12. The number of ether oxygens (including phenoxy) is 2. The van der Waals surface area contributed by atoms with Crippen molar-refractivity contribution in [2.24, 2.45) is 17.1 Å². The molecule has 1 saturated heterocycles. The Morgan fingerprint density at radius 1 is 1.07 bits per heavy atom. The van der Waals surface area contributed by atoms with E-state index in [0.717, 1.165) is 24.5 Å². The maximum absolute atomic E-state index is 16.3. The second-order valence-corrected chi connectivity index (χ2v) is 13.4. The van der Waals surface area contributed by atoms with Crippen LogP contribution >= 0.6 is 0 Å². The highest BCUT2D eigenvalue weighted by atomic mass is 19.1. The first-order valence-electron chi connectivity index (χ1n) is 15.4. The Balaban J connectivity index is 1.41. The lowest BCUT2D eigenvalue weighted by Crippen LogP contribution is -2.47. The molecule has 2 aliphatic heterocycles. The lowest BCUT2D eigenvalue weighted by molar-refractivity contribution is -0.0117. The summed E-state index contributed by atoms with van der Waals surface area (Å²) in [5, 5.41) is 2.91. The molecule has 4 heterocycles. The van der Waals surface area contributed by atoms with Crippen molar-refractivity contribution in [3.05, 3.63) is 76.7 Å². The fourth-order valence-electron chi connectivity index (χ4n) is 8.14. The lowest BCUT2D eigenvalue weighted by atomic mass is 9.70. The van der Waals surface area contributed by atoms with E-state index < -0.39 is 23.2 Å². The largest absolute Gasteiger partial charge is 0.381 e. The molecule has 1 aromatic carbocycles. The maximum atomic E-state index is 16.3. The van der Waals surface area contributed by atoms with Crippen molar-refractivity contribution in [3.63, 3.8) is 0 Å². The summed E-state index contributed by atoms with van der Waals surface area (Å²) in [5.41, 5.74) is 6.53. The zero-order valence-electron chi connectivity index (χ0n) is 24.9. The van der Waals surface area contributed by atoms with E-state index >= 15 is 13.2 Å². The van der Waals surface area contributed by atoms with Gasteiger partial charge in [0.1, 0.15) is 28.7 Å². The summed E-state index contributed by atoms with van der Waals surface area (Å²) >= 11 is 0. The minimum absolute atomic E-state index is 0.0243. The molecule has 4 aliphatic rings. The van der Waals surface area contributed by atoms with Crippen LogP contribution in [0.2, 0.25) is 0 Å². The van der Waals surface area contributed by atoms with Gasteiger partial charge in [-0.1, -0.05) is 13.0 Å². The smallest absolute Gasteiger partial charge is 0.274 e. The van der Waals surface area contributed by atoms with E-state index in [-0.39, 0.29) is 83.9 Å². The molecule has 6 unspecified atom stereocenters. The van der Waals surface area contributed by atoms with Gasteiger partial charge >= 0.3 is 0 Å². The monoisotopic (exact) mass is 606 g/mol. The number of methoxy groups -OCH3 is 1. The molecule has 2 aliphatic carbocycles. The fraction of sp³-hybridized carbons (Fsp3) is 0.500. The van der Waals surface area contributed by atoms with Gasteiger partial charge in [-0.2, -0.15) is 0 Å². The third-order valence-electron chi connectivity index (χ3n) is 10.5. The van der Waals surface area contributed by atoms with Gasteiger partial charge in [-0.05, 0) is 89.8 Å². The number of nitrogens with two attached hydrogens (primary N) is 1. The van der Waals surface area contributed by atoms with Crippen LogP contribution in [0.25, 0.3) is 11.3 Å². The minimum atomic E-state index is -1.76. The number of nitrogens with one attached hydrogen (secondary N) is 1. The topological polar surface area (TPSA) is 99.4 Å². The molecule has 10 heteroatoms. The second kappa shape index (κ2) is 10.9. The average Bonchev–Trinajstić information content (AvgIpc) is 3.67. The molecule has 3 N–H and O–H groups in total. The number of aromatic nitrogens is 2. The number of hydrogen-bond donors (Lipinski definition) is 2. The van der Waals surface area contributed by atoms with Gasteiger partial charge in [0, 0.05) is 51.0 Å². The molecule has 7 nitrogen and oxygen atoms in total. The number of halogens is 3. The molecule has 232 valence electrons. The van der Waals surface area contributed by atoms with E-state index in [1.807, 2.05) is 6.07 Å². The predicted octanol–water partition coefficient (Wildman–Crippen LogP) is 6.38. The Kier molecular flexibility index (Phi) is 7.29. The maximum Gasteiger partial charge on any atom is 0.274 e. The highest BCUT2D eigenvalue weighted by Gasteiger charge is 2.55. The van der Waals surface area contributed by atoms with E-state index in [9.17, 15) is 4.79 Å². The molecule has 2 aromatic heterocycles. The van der Waals surface area contributed by atoms with Crippen molar-refractivity contribution >= 4 is 11.6 Å². The Labute approximate surface area is 254 Å². The predicted molar refractivity (Wildman–Crippen MR) is 159 cm³/mol. The highest BCUT2D eigenvalue weighted by Crippen LogP contribution is 2.65. The minimum Gasteiger partial charge on any atom is -0.381 e. The molecule has 1 amide bonds. The molecule has 3 fully saturated rings. The highest BCUT2D eigenvalue weighted by molar-refractivity contribution is 6.03. The molecule has 44 heavy (non-hydrogen) atoms. The Morgan fingerprint density at radius 2 is 1.86 bits per heavy atom. The first-order valence-corrected chi connectivity index (χ1v) is 15.4. The number of carbonyl (C=O) groups excluding carboxylic acids is 1. The average molecular weight is 607 g/mol. The lowest BCUT2D eigenvalue weighted by Gasteiger charge is -2.41. The van der Waals surface area contributed by atoms with Crippen LogP contribution in [0, 0.1) is 23.0 Å². The van der Waals surface area contributed by atoms with E-state index in [1.54, 1.807) is 25.6 Å². The molecule has 3 aromatic rings. The van der Waals surface area contributed by atoms with E-state index in [2.05, 4.69) is 22.2 Å². The van der Waals surface area contributed by atoms with Crippen molar-refractivity contribution in [3.8, 4) is 11.3 Å². The van der Waals surface area contributed by atoms with Crippen LogP contribution in [0.15, 0.2) is 42.7 Å². The van der Waals surface area contributed by atoms with Gasteiger partial charge in [0.2, 0.25) is 0 Å². The molecule has 0 radical (unpaired) electrons. The molecule has 4 bridgehead atoms. The number of fused-ring (bicyclic) bond motifs is 10. The van der Waals surface area contributed by atoms with Crippen LogP contribution in [0.3, 0.4) is 0 Å².